The maximum atomic E-state index is 14.9. The molecule has 2 aromatic rings. The molecular formula is C37H46N4O5S. The molecule has 250 valence electrons. The summed E-state index contributed by atoms with van der Waals surface area (Å²) in [7, 11) is 0. The van der Waals surface area contributed by atoms with Crippen LogP contribution in [0.5, 0.6) is 5.75 Å². The number of thioether (sulfide) groups is 1. The van der Waals surface area contributed by atoms with Gasteiger partial charge in [0.1, 0.15) is 11.8 Å². The number of aliphatic hydroxyl groups excluding tert-OH is 1. The number of ether oxygens (including phenoxy) is 1. The van der Waals surface area contributed by atoms with Gasteiger partial charge in [-0.25, -0.2) is 0 Å². The van der Waals surface area contributed by atoms with E-state index in [1.807, 2.05) is 93.6 Å². The lowest BCUT2D eigenvalue weighted by molar-refractivity contribution is -0.142. The molecule has 6 atom stereocenters. The number of rotatable bonds is 10. The Kier molecular flexibility index (Phi) is 9.45. The third-order valence-corrected chi connectivity index (χ3v) is 11.9. The lowest BCUT2D eigenvalue weighted by Gasteiger charge is -2.39. The van der Waals surface area contributed by atoms with Crippen LogP contribution in [0.25, 0.3) is 0 Å². The van der Waals surface area contributed by atoms with E-state index >= 15 is 0 Å². The smallest absolute Gasteiger partial charge is 0.251 e. The highest BCUT2D eigenvalue weighted by Crippen LogP contribution is 2.61. The fraction of sp³-hybridized carbons (Fsp3) is 0.486. The zero-order chi connectivity index (χ0) is 33.5. The summed E-state index contributed by atoms with van der Waals surface area (Å²) in [5.41, 5.74) is 2.57. The Morgan fingerprint density at radius 1 is 0.894 bits per heavy atom. The summed E-state index contributed by atoms with van der Waals surface area (Å²) in [4.78, 5) is 51.6. The van der Waals surface area contributed by atoms with E-state index in [2.05, 4.69) is 18.7 Å². The quantitative estimate of drug-likeness (QED) is 0.369. The van der Waals surface area contributed by atoms with Crippen molar-refractivity contribution in [1.82, 2.24) is 4.90 Å². The topological polar surface area (TPSA) is 93.6 Å². The van der Waals surface area contributed by atoms with E-state index in [1.54, 1.807) is 26.5 Å². The van der Waals surface area contributed by atoms with Crippen molar-refractivity contribution in [3.63, 3.8) is 0 Å². The predicted molar refractivity (Wildman–Crippen MR) is 188 cm³/mol. The number of aliphatic hydroxyl groups is 1. The van der Waals surface area contributed by atoms with E-state index in [0.717, 1.165) is 35.9 Å². The Bertz CT molecular complexity index is 1540. The molecule has 2 saturated heterocycles. The maximum Gasteiger partial charge on any atom is 0.251 e. The van der Waals surface area contributed by atoms with Gasteiger partial charge >= 0.3 is 0 Å². The average molecular weight is 659 g/mol. The second-order valence-electron chi connectivity index (χ2n) is 12.9. The molecule has 1 spiro atoms. The number of hydrogen-bond acceptors (Lipinski definition) is 7. The lowest BCUT2D eigenvalue weighted by Crippen LogP contribution is -2.57. The molecule has 10 heteroatoms. The minimum absolute atomic E-state index is 0.104. The van der Waals surface area contributed by atoms with Crippen LogP contribution in [0.1, 0.15) is 34.6 Å². The van der Waals surface area contributed by atoms with Crippen molar-refractivity contribution in [2.24, 2.45) is 17.8 Å². The molecule has 6 rings (SSSR count). The van der Waals surface area contributed by atoms with E-state index in [-0.39, 0.29) is 35.5 Å². The summed E-state index contributed by atoms with van der Waals surface area (Å²) in [6, 6.07) is 14.0. The average Bonchev–Trinajstić information content (AvgIpc) is 3.38. The second-order valence-corrected chi connectivity index (χ2v) is 14.4. The van der Waals surface area contributed by atoms with Crippen molar-refractivity contribution in [3.8, 4) is 5.75 Å². The Hall–Kier alpha value is -3.76. The first kappa shape index (κ1) is 33.2. The van der Waals surface area contributed by atoms with Gasteiger partial charge < -0.3 is 29.4 Å². The monoisotopic (exact) mass is 658 g/mol. The van der Waals surface area contributed by atoms with E-state index in [0.29, 0.717) is 19.7 Å². The highest BCUT2D eigenvalue weighted by Gasteiger charge is 2.72. The Labute approximate surface area is 282 Å². The van der Waals surface area contributed by atoms with Crippen LogP contribution in [0.2, 0.25) is 0 Å². The van der Waals surface area contributed by atoms with Gasteiger partial charge in [0.15, 0.2) is 0 Å². The number of carbonyl (C=O) groups excluding carboxylic acids is 3. The third kappa shape index (κ3) is 5.53. The highest BCUT2D eigenvalue weighted by molar-refractivity contribution is 8.02. The summed E-state index contributed by atoms with van der Waals surface area (Å²) in [5.74, 6) is -1.38. The molecule has 9 nitrogen and oxygen atoms in total. The van der Waals surface area contributed by atoms with Crippen molar-refractivity contribution in [3.05, 3.63) is 72.8 Å². The summed E-state index contributed by atoms with van der Waals surface area (Å²) < 4.78 is 4.65. The number of likely N-dealkylation sites (tertiary alicyclic amines) is 1. The van der Waals surface area contributed by atoms with Crippen LogP contribution >= 0.6 is 11.8 Å². The van der Waals surface area contributed by atoms with Gasteiger partial charge in [-0.15, -0.1) is 11.8 Å². The minimum Gasteiger partial charge on any atom is -0.494 e. The van der Waals surface area contributed by atoms with E-state index in [1.165, 1.54) is 0 Å². The number of nitrogens with zero attached hydrogens (tertiary/aromatic N) is 4. The van der Waals surface area contributed by atoms with Crippen molar-refractivity contribution in [1.29, 1.82) is 0 Å². The summed E-state index contributed by atoms with van der Waals surface area (Å²) >= 11 is 1.55. The normalized spacial score (nSPS) is 27.5. The molecule has 4 heterocycles. The zero-order valence-electron chi connectivity index (χ0n) is 27.9. The molecule has 0 aliphatic carbocycles. The summed E-state index contributed by atoms with van der Waals surface area (Å²) in [5, 5.41) is 10.4. The summed E-state index contributed by atoms with van der Waals surface area (Å²) in [6.07, 6.45) is 8.05. The SMILES string of the molecule is CCOc1ccc(N2CC=C[C@@H]3S[C@]45C=CCN(c6ccc(N(CC)CC)cc6)C(=O)C4N([C@@H](CO)C(C)C)C(=O)[C@@H]5[C@@H]3C2=O)cc1. The molecule has 2 aromatic carbocycles. The molecule has 2 fully saturated rings. The molecular weight excluding hydrogens is 612 g/mol. The van der Waals surface area contributed by atoms with Gasteiger partial charge in [0.05, 0.1) is 35.8 Å². The van der Waals surface area contributed by atoms with Crippen LogP contribution < -0.4 is 19.4 Å². The van der Waals surface area contributed by atoms with Gasteiger partial charge in [0, 0.05) is 48.5 Å². The molecule has 4 aliphatic heterocycles. The molecule has 47 heavy (non-hydrogen) atoms. The first-order valence-corrected chi connectivity index (χ1v) is 17.7. The number of amides is 3. The number of hydrogen-bond donors (Lipinski definition) is 1. The standard InChI is InChI=1S/C37H46N4O5S/c1-6-38(7-2)25-12-14-26(15-13-25)40-22-10-20-37-32(35(44)41(33(37)36(40)45)29(23-42)24(4)5)31-30(47-37)11-9-21-39(34(31)43)27-16-18-28(19-17-27)46-8-3/h9-20,24,29-33,42H,6-8,21-23H2,1-5H3/t29-,30-,31+,32-,33?,37-/m0/s1. The lowest BCUT2D eigenvalue weighted by atomic mass is 9.78. The molecule has 1 unspecified atom stereocenters. The third-order valence-electron chi connectivity index (χ3n) is 10.2. The van der Waals surface area contributed by atoms with E-state index < -0.39 is 28.7 Å². The molecule has 1 N–H and O–H groups in total. The molecule has 0 saturated carbocycles. The number of carbonyl (C=O) groups is 3. The van der Waals surface area contributed by atoms with Gasteiger partial charge in [-0.05, 0) is 75.2 Å². The molecule has 4 aliphatic rings. The number of benzene rings is 2. The first-order valence-electron chi connectivity index (χ1n) is 16.9. The Morgan fingerprint density at radius 3 is 2.11 bits per heavy atom. The Morgan fingerprint density at radius 2 is 1.51 bits per heavy atom. The Balaban J connectivity index is 1.40. The van der Waals surface area contributed by atoms with Crippen molar-refractivity contribution in [2.45, 2.75) is 56.7 Å². The van der Waals surface area contributed by atoms with Gasteiger partial charge in [0.25, 0.3) is 5.91 Å². The van der Waals surface area contributed by atoms with Crippen molar-refractivity contribution in [2.75, 3.05) is 54.1 Å². The minimum atomic E-state index is -0.969. The van der Waals surface area contributed by atoms with Crippen LogP contribution in [-0.4, -0.2) is 89.2 Å². The van der Waals surface area contributed by atoms with Crippen LogP contribution in [0, 0.1) is 17.8 Å². The summed E-state index contributed by atoms with van der Waals surface area (Å²) in [6.45, 7) is 12.8. The first-order chi connectivity index (χ1) is 22.7. The second kappa shape index (κ2) is 13.4. The van der Waals surface area contributed by atoms with Gasteiger partial charge in [-0.2, -0.15) is 0 Å². The van der Waals surface area contributed by atoms with Crippen molar-refractivity contribution < 1.29 is 24.2 Å². The predicted octanol–water partition coefficient (Wildman–Crippen LogP) is 4.75. The largest absolute Gasteiger partial charge is 0.494 e. The van der Waals surface area contributed by atoms with Crippen LogP contribution in [0.15, 0.2) is 72.8 Å². The van der Waals surface area contributed by atoms with Crippen LogP contribution in [-0.2, 0) is 14.4 Å². The fourth-order valence-electron chi connectivity index (χ4n) is 7.84. The van der Waals surface area contributed by atoms with Gasteiger partial charge in [-0.3, -0.25) is 14.4 Å². The highest BCUT2D eigenvalue weighted by atomic mass is 32.2. The van der Waals surface area contributed by atoms with Gasteiger partial charge in [0.2, 0.25) is 11.8 Å². The van der Waals surface area contributed by atoms with Gasteiger partial charge in [-0.1, -0.05) is 38.2 Å². The van der Waals surface area contributed by atoms with E-state index in [9.17, 15) is 19.5 Å². The fourth-order valence-corrected chi connectivity index (χ4v) is 9.83. The maximum absolute atomic E-state index is 14.9. The van der Waals surface area contributed by atoms with Crippen LogP contribution in [0.3, 0.4) is 0 Å². The molecule has 0 aromatic heterocycles. The van der Waals surface area contributed by atoms with Crippen molar-refractivity contribution >= 4 is 46.5 Å². The molecule has 0 radical (unpaired) electrons. The molecule has 0 bridgehead atoms. The number of fused-ring (bicyclic) bond motifs is 2. The number of anilines is 3. The van der Waals surface area contributed by atoms with Crippen LogP contribution in [0.4, 0.5) is 17.1 Å². The zero-order valence-corrected chi connectivity index (χ0v) is 28.7. The van der Waals surface area contributed by atoms with E-state index in [4.69, 9.17) is 4.74 Å². The molecule has 3 amide bonds.